The molecular formula is C18H21FN4O. The van der Waals surface area contributed by atoms with Crippen LogP contribution in [0.5, 0.6) is 0 Å². The molecule has 6 heteroatoms. The van der Waals surface area contributed by atoms with E-state index < -0.39 is 5.60 Å². The Kier molecular flexibility index (Phi) is 5.76. The van der Waals surface area contributed by atoms with Crippen LogP contribution in [0.1, 0.15) is 19.8 Å². The number of hydrogen-bond acceptors (Lipinski definition) is 5. The van der Waals surface area contributed by atoms with Gasteiger partial charge in [0.05, 0.1) is 23.5 Å². The highest BCUT2D eigenvalue weighted by Gasteiger charge is 2.31. The number of aliphatic hydroxyl groups is 1. The third-order valence-electron chi connectivity index (χ3n) is 3.85. The number of rotatable bonds is 8. The molecule has 0 saturated heterocycles. The lowest BCUT2D eigenvalue weighted by molar-refractivity contribution is 0.0314. The molecule has 0 fully saturated rings. The topological polar surface area (TPSA) is 70.9 Å². The first-order valence-electron chi connectivity index (χ1n) is 7.65. The minimum Gasteiger partial charge on any atom is -0.387 e. The molecule has 0 saturated carbocycles. The summed E-state index contributed by atoms with van der Waals surface area (Å²) >= 11 is 0. The fourth-order valence-corrected chi connectivity index (χ4v) is 2.39. The Morgan fingerprint density at radius 2 is 1.88 bits per heavy atom. The molecule has 2 rings (SSSR count). The molecule has 1 aromatic heterocycles. The van der Waals surface area contributed by atoms with Crippen molar-refractivity contribution >= 4 is 5.95 Å². The van der Waals surface area contributed by atoms with Crippen molar-refractivity contribution in [3.8, 4) is 11.3 Å². The molecule has 0 unspecified atom stereocenters. The lowest BCUT2D eigenvalue weighted by Crippen LogP contribution is -2.44. The fraction of sp³-hybridized carbons (Fsp3) is 0.278. The minimum absolute atomic E-state index is 0.288. The van der Waals surface area contributed by atoms with E-state index in [2.05, 4.69) is 33.7 Å². The van der Waals surface area contributed by atoms with Gasteiger partial charge >= 0.3 is 0 Å². The highest BCUT2D eigenvalue weighted by Crippen LogP contribution is 2.24. The van der Waals surface area contributed by atoms with Gasteiger partial charge in [-0.2, -0.15) is 5.10 Å². The van der Waals surface area contributed by atoms with Crippen molar-refractivity contribution in [2.24, 2.45) is 0 Å². The van der Waals surface area contributed by atoms with E-state index in [1.165, 1.54) is 18.3 Å². The maximum atomic E-state index is 13.0. The third-order valence-corrected chi connectivity index (χ3v) is 3.85. The summed E-state index contributed by atoms with van der Waals surface area (Å²) in [5.41, 5.74) is 0.253. The number of anilines is 1. The molecule has 0 amide bonds. The second-order valence-electron chi connectivity index (χ2n) is 5.63. The smallest absolute Gasteiger partial charge is 0.243 e. The molecule has 0 aliphatic rings. The van der Waals surface area contributed by atoms with Gasteiger partial charge < -0.3 is 10.4 Å². The molecule has 1 heterocycles. The number of nitrogens with one attached hydrogen (secondary N) is 1. The van der Waals surface area contributed by atoms with Crippen LogP contribution in [0.15, 0.2) is 55.8 Å². The molecule has 1 atom stereocenters. The van der Waals surface area contributed by atoms with Gasteiger partial charge in [0.25, 0.3) is 0 Å². The number of aromatic nitrogens is 3. The lowest BCUT2D eigenvalue weighted by Gasteiger charge is -2.33. The van der Waals surface area contributed by atoms with Crippen LogP contribution in [-0.4, -0.2) is 31.9 Å². The summed E-state index contributed by atoms with van der Waals surface area (Å²) in [6, 6.07) is 5.62. The molecule has 24 heavy (non-hydrogen) atoms. The van der Waals surface area contributed by atoms with Gasteiger partial charge in [0, 0.05) is 5.56 Å². The lowest BCUT2D eigenvalue weighted by atomic mass is 9.88. The highest BCUT2D eigenvalue weighted by molar-refractivity contribution is 5.58. The van der Waals surface area contributed by atoms with Crippen molar-refractivity contribution in [2.75, 3.05) is 5.32 Å². The second-order valence-corrected chi connectivity index (χ2v) is 5.63. The van der Waals surface area contributed by atoms with Gasteiger partial charge in [-0.1, -0.05) is 12.2 Å². The summed E-state index contributed by atoms with van der Waals surface area (Å²) in [6.45, 7) is 9.20. The van der Waals surface area contributed by atoms with E-state index in [9.17, 15) is 9.50 Å². The monoisotopic (exact) mass is 328 g/mol. The van der Waals surface area contributed by atoms with Gasteiger partial charge in [-0.05, 0) is 44.0 Å². The van der Waals surface area contributed by atoms with Crippen LogP contribution in [0, 0.1) is 5.82 Å². The van der Waals surface area contributed by atoms with Crippen molar-refractivity contribution < 1.29 is 9.50 Å². The average molecular weight is 328 g/mol. The molecule has 2 N–H and O–H groups in total. The largest absolute Gasteiger partial charge is 0.387 e. The van der Waals surface area contributed by atoms with Crippen molar-refractivity contribution in [1.29, 1.82) is 0 Å². The first-order chi connectivity index (χ1) is 11.5. The van der Waals surface area contributed by atoms with Crippen LogP contribution < -0.4 is 5.32 Å². The van der Waals surface area contributed by atoms with E-state index in [1.807, 2.05) is 6.92 Å². The Morgan fingerprint density at radius 1 is 1.25 bits per heavy atom. The molecule has 1 aromatic carbocycles. The van der Waals surface area contributed by atoms with E-state index in [-0.39, 0.29) is 17.8 Å². The van der Waals surface area contributed by atoms with E-state index in [0.29, 0.717) is 18.5 Å². The second kappa shape index (κ2) is 7.79. The number of halogens is 1. The Labute approximate surface area is 141 Å². The van der Waals surface area contributed by atoms with Crippen LogP contribution >= 0.6 is 0 Å². The normalized spacial score (nSPS) is 12.5. The molecule has 0 aliphatic carbocycles. The summed E-state index contributed by atoms with van der Waals surface area (Å²) in [4.78, 5) is 4.38. The van der Waals surface area contributed by atoms with Crippen LogP contribution in [0.4, 0.5) is 10.3 Å². The molecule has 0 spiro atoms. The van der Waals surface area contributed by atoms with E-state index >= 15 is 0 Å². The maximum absolute atomic E-state index is 13.0. The Hall–Kier alpha value is -2.60. The summed E-state index contributed by atoms with van der Waals surface area (Å²) in [6.07, 6.45) is 5.63. The van der Waals surface area contributed by atoms with Gasteiger partial charge in [0.2, 0.25) is 5.95 Å². The standard InChI is InChI=1S/C18H21FN4O/c1-4-10-18(24,11-5-2)13(3)21-17-22-16(12-20-23-17)14-6-8-15(19)9-7-14/h4-9,12-13,24H,1-2,10-11H2,3H3,(H,21,22,23)/t13-/m1/s1. The predicted octanol–water partition coefficient (Wildman–Crippen LogP) is 3.36. The number of benzene rings is 1. The minimum atomic E-state index is -1.04. The highest BCUT2D eigenvalue weighted by atomic mass is 19.1. The van der Waals surface area contributed by atoms with Gasteiger partial charge in [0.15, 0.2) is 0 Å². The van der Waals surface area contributed by atoms with Crippen LogP contribution in [0.25, 0.3) is 11.3 Å². The van der Waals surface area contributed by atoms with E-state index in [1.54, 1.807) is 24.3 Å². The summed E-state index contributed by atoms with van der Waals surface area (Å²) in [5, 5.41) is 21.7. The summed E-state index contributed by atoms with van der Waals surface area (Å²) in [5.74, 6) is -0.0254. The van der Waals surface area contributed by atoms with Gasteiger partial charge in [-0.25, -0.2) is 9.37 Å². The summed E-state index contributed by atoms with van der Waals surface area (Å²) in [7, 11) is 0. The number of hydrogen-bond donors (Lipinski definition) is 2. The first-order valence-corrected chi connectivity index (χ1v) is 7.65. The van der Waals surface area contributed by atoms with Crippen molar-refractivity contribution in [3.63, 3.8) is 0 Å². The SMILES string of the molecule is C=CCC(O)(CC=C)[C@@H](C)Nc1nncc(-c2ccc(F)cc2)n1. The predicted molar refractivity (Wildman–Crippen MR) is 92.9 cm³/mol. The molecular weight excluding hydrogens is 307 g/mol. The van der Waals surface area contributed by atoms with Crippen LogP contribution in [0.3, 0.4) is 0 Å². The molecule has 126 valence electrons. The van der Waals surface area contributed by atoms with Gasteiger partial charge in [-0.3, -0.25) is 0 Å². The van der Waals surface area contributed by atoms with Crippen LogP contribution in [0.2, 0.25) is 0 Å². The first kappa shape index (κ1) is 17.7. The zero-order valence-corrected chi connectivity index (χ0v) is 13.6. The molecule has 0 bridgehead atoms. The summed E-state index contributed by atoms with van der Waals surface area (Å²) < 4.78 is 13.0. The van der Waals surface area contributed by atoms with Crippen molar-refractivity contribution in [2.45, 2.75) is 31.4 Å². The average Bonchev–Trinajstić information content (AvgIpc) is 2.56. The molecule has 5 nitrogen and oxygen atoms in total. The Morgan fingerprint density at radius 3 is 2.46 bits per heavy atom. The van der Waals surface area contributed by atoms with Crippen LogP contribution in [-0.2, 0) is 0 Å². The molecule has 0 radical (unpaired) electrons. The van der Waals surface area contributed by atoms with Gasteiger partial charge in [0.1, 0.15) is 5.82 Å². The number of nitrogens with zero attached hydrogens (tertiary/aromatic N) is 3. The van der Waals surface area contributed by atoms with Gasteiger partial charge in [-0.15, -0.1) is 18.3 Å². The zero-order chi connectivity index (χ0) is 17.6. The third kappa shape index (κ3) is 4.23. The van der Waals surface area contributed by atoms with E-state index in [4.69, 9.17) is 0 Å². The van der Waals surface area contributed by atoms with E-state index in [0.717, 1.165) is 5.56 Å². The zero-order valence-electron chi connectivity index (χ0n) is 13.6. The quantitative estimate of drug-likeness (QED) is 0.727. The Balaban J connectivity index is 2.20. The fourth-order valence-electron chi connectivity index (χ4n) is 2.39. The van der Waals surface area contributed by atoms with Crippen molar-refractivity contribution in [3.05, 3.63) is 61.6 Å². The molecule has 2 aromatic rings. The maximum Gasteiger partial charge on any atom is 0.243 e. The van der Waals surface area contributed by atoms with Crippen molar-refractivity contribution in [1.82, 2.24) is 15.2 Å². The Bertz CT molecular complexity index is 692. The molecule has 0 aliphatic heterocycles.